The molecule has 1 fully saturated rings. The summed E-state index contributed by atoms with van der Waals surface area (Å²) in [4.78, 5) is 21.6. The Kier molecular flexibility index (Phi) is 3.31. The number of carbonyl (C=O) groups is 1. The van der Waals surface area contributed by atoms with Gasteiger partial charge in [0, 0.05) is 26.0 Å². The van der Waals surface area contributed by atoms with Crippen molar-refractivity contribution in [2.24, 2.45) is 0 Å². The zero-order chi connectivity index (χ0) is 11.4. The second-order valence-corrected chi connectivity index (χ2v) is 3.48. The van der Waals surface area contributed by atoms with Crippen LogP contribution in [0, 0.1) is 0 Å². The van der Waals surface area contributed by atoms with Crippen LogP contribution in [0.2, 0.25) is 0 Å². The summed E-state index contributed by atoms with van der Waals surface area (Å²) >= 11 is 0. The zero-order valence-corrected chi connectivity index (χ0v) is 9.09. The quantitative estimate of drug-likeness (QED) is 0.725. The second-order valence-electron chi connectivity index (χ2n) is 3.48. The molecule has 1 aromatic heterocycles. The molecule has 0 spiro atoms. The van der Waals surface area contributed by atoms with Crippen molar-refractivity contribution < 1.29 is 9.53 Å². The van der Waals surface area contributed by atoms with Gasteiger partial charge < -0.3 is 15.0 Å². The predicted octanol–water partition coefficient (Wildman–Crippen LogP) is -0.572. The lowest BCUT2D eigenvalue weighted by Gasteiger charge is -2.32. The van der Waals surface area contributed by atoms with Crippen molar-refractivity contribution >= 4 is 11.7 Å². The Bertz CT molecular complexity index is 357. The number of amides is 1. The average molecular weight is 222 g/mol. The molecule has 1 atom stereocenters. The van der Waals surface area contributed by atoms with Crippen LogP contribution in [0.4, 0.5) is 5.82 Å². The number of carbonyl (C=O) groups excluding carboxylic acids is 1. The van der Waals surface area contributed by atoms with Gasteiger partial charge in [-0.1, -0.05) is 0 Å². The van der Waals surface area contributed by atoms with E-state index in [1.54, 1.807) is 25.6 Å². The van der Waals surface area contributed by atoms with Crippen LogP contribution in [-0.2, 0) is 9.53 Å². The average Bonchev–Trinajstić information content (AvgIpc) is 2.39. The minimum atomic E-state index is -0.430. The monoisotopic (exact) mass is 222 g/mol. The van der Waals surface area contributed by atoms with Crippen molar-refractivity contribution in [3.05, 3.63) is 18.6 Å². The van der Waals surface area contributed by atoms with E-state index >= 15 is 0 Å². The Labute approximate surface area is 93.6 Å². The van der Waals surface area contributed by atoms with Gasteiger partial charge in [-0.15, -0.1) is 0 Å². The number of morpholine rings is 1. The molecule has 86 valence electrons. The zero-order valence-electron chi connectivity index (χ0n) is 9.09. The molecule has 6 nitrogen and oxygen atoms in total. The highest BCUT2D eigenvalue weighted by molar-refractivity contribution is 5.81. The fourth-order valence-corrected chi connectivity index (χ4v) is 1.63. The Hall–Kier alpha value is -1.69. The molecule has 1 amide bonds. The molecule has 0 saturated carbocycles. The van der Waals surface area contributed by atoms with Crippen LogP contribution in [0.15, 0.2) is 18.6 Å². The van der Waals surface area contributed by atoms with Crippen molar-refractivity contribution in [2.45, 2.75) is 6.10 Å². The lowest BCUT2D eigenvalue weighted by Crippen LogP contribution is -2.49. The third-order valence-electron chi connectivity index (χ3n) is 2.48. The van der Waals surface area contributed by atoms with Gasteiger partial charge in [0.2, 0.25) is 0 Å². The van der Waals surface area contributed by atoms with Crippen LogP contribution in [0.1, 0.15) is 0 Å². The summed E-state index contributed by atoms with van der Waals surface area (Å²) in [6.07, 6.45) is 4.52. The first-order valence-corrected chi connectivity index (χ1v) is 5.15. The highest BCUT2D eigenvalue weighted by atomic mass is 16.5. The standard InChI is InChI=1S/C10H14N4O2/c1-11-10(15)8-7-14(4-5-16-8)9-6-12-2-3-13-9/h2-3,6,8H,4-5,7H2,1H3,(H,11,15). The summed E-state index contributed by atoms with van der Waals surface area (Å²) in [5.41, 5.74) is 0. The first-order chi connectivity index (χ1) is 7.81. The molecule has 1 saturated heterocycles. The van der Waals surface area contributed by atoms with Crippen molar-refractivity contribution in [1.29, 1.82) is 0 Å². The third-order valence-corrected chi connectivity index (χ3v) is 2.48. The van der Waals surface area contributed by atoms with Gasteiger partial charge in [-0.3, -0.25) is 9.78 Å². The molecule has 1 aliphatic heterocycles. The molecule has 2 heterocycles. The number of aromatic nitrogens is 2. The number of nitrogens with one attached hydrogen (secondary N) is 1. The van der Waals surface area contributed by atoms with E-state index in [9.17, 15) is 4.79 Å². The fourth-order valence-electron chi connectivity index (χ4n) is 1.63. The summed E-state index contributed by atoms with van der Waals surface area (Å²) in [5, 5.41) is 2.58. The summed E-state index contributed by atoms with van der Waals surface area (Å²) in [6.45, 7) is 1.76. The predicted molar refractivity (Wildman–Crippen MR) is 58.1 cm³/mol. The van der Waals surface area contributed by atoms with E-state index in [4.69, 9.17) is 4.74 Å². The molecule has 1 aromatic rings. The van der Waals surface area contributed by atoms with Gasteiger partial charge in [-0.25, -0.2) is 4.98 Å². The molecule has 0 aliphatic carbocycles. The van der Waals surface area contributed by atoms with Crippen molar-refractivity contribution in [3.63, 3.8) is 0 Å². The minimum absolute atomic E-state index is 0.103. The van der Waals surface area contributed by atoms with E-state index in [0.29, 0.717) is 13.2 Å². The Balaban J connectivity index is 2.05. The second kappa shape index (κ2) is 4.89. The van der Waals surface area contributed by atoms with Gasteiger partial charge in [-0.05, 0) is 0 Å². The number of likely N-dealkylation sites (N-methyl/N-ethyl adjacent to an activating group) is 1. The maximum absolute atomic E-state index is 11.4. The van der Waals surface area contributed by atoms with Gasteiger partial charge in [0.25, 0.3) is 5.91 Å². The van der Waals surface area contributed by atoms with Crippen molar-refractivity contribution in [1.82, 2.24) is 15.3 Å². The Morgan fingerprint density at radius 1 is 1.62 bits per heavy atom. The normalized spacial score (nSPS) is 20.6. The summed E-state index contributed by atoms with van der Waals surface area (Å²) in [6, 6.07) is 0. The molecule has 0 radical (unpaired) electrons. The topological polar surface area (TPSA) is 67.4 Å². The molecular weight excluding hydrogens is 208 g/mol. The molecule has 6 heteroatoms. The smallest absolute Gasteiger partial charge is 0.250 e. The number of hydrogen-bond acceptors (Lipinski definition) is 5. The van der Waals surface area contributed by atoms with Crippen LogP contribution in [0.3, 0.4) is 0 Å². The molecule has 0 bridgehead atoms. The SMILES string of the molecule is CNC(=O)C1CN(c2cnccn2)CCO1. The highest BCUT2D eigenvalue weighted by Crippen LogP contribution is 2.13. The van der Waals surface area contributed by atoms with Crippen molar-refractivity contribution in [2.75, 3.05) is 31.6 Å². The number of rotatable bonds is 2. The maximum atomic E-state index is 11.4. The van der Waals surface area contributed by atoms with Gasteiger partial charge in [0.1, 0.15) is 5.82 Å². The van der Waals surface area contributed by atoms with E-state index < -0.39 is 6.10 Å². The number of nitrogens with zero attached hydrogens (tertiary/aromatic N) is 3. The summed E-state index contributed by atoms with van der Waals surface area (Å²) < 4.78 is 5.38. The molecule has 1 unspecified atom stereocenters. The van der Waals surface area contributed by atoms with E-state index in [0.717, 1.165) is 12.4 Å². The fraction of sp³-hybridized carbons (Fsp3) is 0.500. The summed E-state index contributed by atoms with van der Waals surface area (Å²) in [5.74, 6) is 0.674. The molecule has 0 aromatic carbocycles. The molecular formula is C10H14N4O2. The van der Waals surface area contributed by atoms with E-state index in [1.807, 2.05) is 4.90 Å². The van der Waals surface area contributed by atoms with Gasteiger partial charge >= 0.3 is 0 Å². The van der Waals surface area contributed by atoms with Crippen molar-refractivity contribution in [3.8, 4) is 0 Å². The maximum Gasteiger partial charge on any atom is 0.250 e. The first kappa shape index (κ1) is 10.8. The van der Waals surface area contributed by atoms with Crippen LogP contribution >= 0.6 is 0 Å². The number of anilines is 1. The number of ether oxygens (including phenoxy) is 1. The third kappa shape index (κ3) is 2.27. The van der Waals surface area contributed by atoms with E-state index in [-0.39, 0.29) is 5.91 Å². The molecule has 1 N–H and O–H groups in total. The lowest BCUT2D eigenvalue weighted by molar-refractivity contribution is -0.132. The van der Waals surface area contributed by atoms with Gasteiger partial charge in [-0.2, -0.15) is 0 Å². The number of hydrogen-bond donors (Lipinski definition) is 1. The van der Waals surface area contributed by atoms with Gasteiger partial charge in [0.15, 0.2) is 6.10 Å². The lowest BCUT2D eigenvalue weighted by atomic mass is 10.2. The summed E-state index contributed by atoms with van der Waals surface area (Å²) in [7, 11) is 1.60. The van der Waals surface area contributed by atoms with Crippen LogP contribution < -0.4 is 10.2 Å². The van der Waals surface area contributed by atoms with Crippen LogP contribution in [-0.4, -0.2) is 48.7 Å². The highest BCUT2D eigenvalue weighted by Gasteiger charge is 2.26. The molecule has 2 rings (SSSR count). The first-order valence-electron chi connectivity index (χ1n) is 5.15. The Morgan fingerprint density at radius 3 is 3.19 bits per heavy atom. The molecule has 16 heavy (non-hydrogen) atoms. The minimum Gasteiger partial charge on any atom is -0.365 e. The van der Waals surface area contributed by atoms with E-state index in [1.165, 1.54) is 0 Å². The van der Waals surface area contributed by atoms with Crippen LogP contribution in [0.25, 0.3) is 0 Å². The largest absolute Gasteiger partial charge is 0.365 e. The Morgan fingerprint density at radius 2 is 2.50 bits per heavy atom. The molecule has 1 aliphatic rings. The van der Waals surface area contributed by atoms with E-state index in [2.05, 4.69) is 15.3 Å². The van der Waals surface area contributed by atoms with Gasteiger partial charge in [0.05, 0.1) is 19.3 Å². The van der Waals surface area contributed by atoms with Crippen LogP contribution in [0.5, 0.6) is 0 Å².